The molecule has 0 N–H and O–H groups in total. The number of benzene rings is 3. The van der Waals surface area contributed by atoms with Gasteiger partial charge in [-0.05, 0) is 82.8 Å². The predicted molar refractivity (Wildman–Crippen MR) is 205 cm³/mol. The molecule has 51 heavy (non-hydrogen) atoms. The van der Waals surface area contributed by atoms with Gasteiger partial charge in [0, 0.05) is 57.1 Å². The molecule has 0 fully saturated rings. The fourth-order valence-electron chi connectivity index (χ4n) is 6.11. The standard InChI is InChI=1S/C37H34N2O7S5/c1-2-25(21-37-39(16-7-19-51(43,44)45)30-23-27(12-14-34(30)49-37)32-10-5-17-47-32)20-36-38(15-6-18-50(40,41)42)29-22-28(11-13-31(29)46-36)35-24-26-8-3-4-9-33(26)48-35/h3-5,8-14,17,20-24H,2,6-7,15-16,18-19H2,1H3,(H-,40,41,42,43,44,45)/p-1. The second kappa shape index (κ2) is 14.6. The van der Waals surface area contributed by atoms with Crippen molar-refractivity contribution in [1.82, 2.24) is 0 Å². The molecular weight excluding hydrogens is 745 g/mol. The molecule has 1 aliphatic heterocycles. The third-order valence-electron chi connectivity index (χ3n) is 8.55. The van der Waals surface area contributed by atoms with Crippen LogP contribution in [0.3, 0.4) is 0 Å². The highest BCUT2D eigenvalue weighted by molar-refractivity contribution is 7.85. The normalized spacial score (nSPS) is 14.5. The minimum atomic E-state index is -4.40. The number of thiophene rings is 2. The Morgan fingerprint density at radius 1 is 0.843 bits per heavy atom. The van der Waals surface area contributed by atoms with E-state index < -0.39 is 31.7 Å². The van der Waals surface area contributed by atoms with E-state index in [0.717, 1.165) is 52.8 Å². The Morgan fingerprint density at radius 2 is 1.61 bits per heavy atom. The van der Waals surface area contributed by atoms with Crippen LogP contribution in [0.5, 0.6) is 5.75 Å². The lowest BCUT2D eigenvalue weighted by atomic mass is 10.1. The van der Waals surface area contributed by atoms with Crippen LogP contribution in [-0.4, -0.2) is 44.0 Å². The summed E-state index contributed by atoms with van der Waals surface area (Å²) in [5.74, 6) is 0.190. The second-order valence-electron chi connectivity index (χ2n) is 12.1. The van der Waals surface area contributed by atoms with Gasteiger partial charge in [-0.15, -0.1) is 22.7 Å². The zero-order valence-electron chi connectivity index (χ0n) is 27.5. The minimum Gasteiger partial charge on any atom is -0.748 e. The summed E-state index contributed by atoms with van der Waals surface area (Å²) in [6.07, 6.45) is 4.90. The fraction of sp³-hybridized carbons (Fsp3) is 0.216. The summed E-state index contributed by atoms with van der Waals surface area (Å²) in [5.41, 5.74) is 4.70. The van der Waals surface area contributed by atoms with Gasteiger partial charge in [-0.25, -0.2) is 16.8 Å². The van der Waals surface area contributed by atoms with E-state index in [1.54, 1.807) is 34.0 Å². The Morgan fingerprint density at radius 3 is 2.35 bits per heavy atom. The van der Waals surface area contributed by atoms with Gasteiger partial charge in [0.05, 0.1) is 25.9 Å². The van der Waals surface area contributed by atoms with Crippen LogP contribution in [0, 0.1) is 0 Å². The highest BCUT2D eigenvalue weighted by atomic mass is 32.2. The smallest absolute Gasteiger partial charge is 0.263 e. The minimum absolute atomic E-state index is 0.121. The van der Waals surface area contributed by atoms with Gasteiger partial charge >= 0.3 is 0 Å². The molecule has 0 atom stereocenters. The van der Waals surface area contributed by atoms with Gasteiger partial charge in [0.2, 0.25) is 11.4 Å². The van der Waals surface area contributed by atoms with Crippen molar-refractivity contribution in [1.29, 1.82) is 0 Å². The number of rotatable bonds is 13. The predicted octanol–water partition coefficient (Wildman–Crippen LogP) is 8.20. The zero-order valence-corrected chi connectivity index (χ0v) is 31.6. The quantitative estimate of drug-likeness (QED) is 0.0848. The Labute approximate surface area is 308 Å². The molecule has 264 valence electrons. The number of nitrogens with zero attached hydrogens (tertiary/aromatic N) is 2. The summed E-state index contributed by atoms with van der Waals surface area (Å²) < 4.78 is 79.7. The monoisotopic (exact) mass is 777 g/mol. The maximum Gasteiger partial charge on any atom is 0.263 e. The van der Waals surface area contributed by atoms with Crippen molar-refractivity contribution in [2.75, 3.05) is 23.0 Å². The van der Waals surface area contributed by atoms with Crippen molar-refractivity contribution in [3.05, 3.63) is 107 Å². The van der Waals surface area contributed by atoms with E-state index >= 15 is 0 Å². The van der Waals surface area contributed by atoms with E-state index in [0.29, 0.717) is 24.6 Å². The average molecular weight is 778 g/mol. The summed E-state index contributed by atoms with van der Waals surface area (Å²) in [7, 11) is -8.77. The molecule has 3 aromatic heterocycles. The first-order valence-corrected chi connectivity index (χ1v) is 22.0. The molecule has 4 heterocycles. The molecule has 9 nitrogen and oxygen atoms in total. The Bertz CT molecular complexity index is 2480. The van der Waals surface area contributed by atoms with Crippen LogP contribution in [0.25, 0.3) is 47.3 Å². The first-order valence-electron chi connectivity index (χ1n) is 16.3. The molecule has 0 unspecified atom stereocenters. The fourth-order valence-corrected chi connectivity index (χ4v) is 10.0. The van der Waals surface area contributed by atoms with E-state index in [9.17, 15) is 25.9 Å². The molecule has 6 aromatic rings. The van der Waals surface area contributed by atoms with Crippen LogP contribution in [0.1, 0.15) is 31.2 Å². The van der Waals surface area contributed by atoms with Gasteiger partial charge in [0.25, 0.3) is 5.01 Å². The van der Waals surface area contributed by atoms with E-state index in [1.807, 2.05) is 65.8 Å². The van der Waals surface area contributed by atoms with E-state index in [-0.39, 0.29) is 19.4 Å². The van der Waals surface area contributed by atoms with Crippen molar-refractivity contribution in [2.45, 2.75) is 32.7 Å². The van der Waals surface area contributed by atoms with Crippen LogP contribution in [0.4, 0.5) is 5.69 Å². The van der Waals surface area contributed by atoms with Crippen LogP contribution in [-0.2, 0) is 26.8 Å². The molecule has 7 rings (SSSR count). The molecule has 14 heteroatoms. The first kappa shape index (κ1) is 35.5. The Balaban J connectivity index is 1.26. The summed E-state index contributed by atoms with van der Waals surface area (Å²) in [5, 5.41) is 4.06. The molecule has 0 spiro atoms. The number of hydrogen-bond donors (Lipinski definition) is 0. The summed E-state index contributed by atoms with van der Waals surface area (Å²) in [6, 6.07) is 26.6. The molecule has 3 aromatic carbocycles. The van der Waals surface area contributed by atoms with E-state index in [4.69, 9.17) is 4.74 Å². The highest BCUT2D eigenvalue weighted by Gasteiger charge is 2.28. The summed E-state index contributed by atoms with van der Waals surface area (Å²) in [6.45, 7) is 2.62. The van der Waals surface area contributed by atoms with Gasteiger partial charge in [-0.3, -0.25) is 0 Å². The molecular formula is C37H33N2O7S5-. The number of aromatic nitrogens is 1. The van der Waals surface area contributed by atoms with Crippen LogP contribution in [0.2, 0.25) is 0 Å². The van der Waals surface area contributed by atoms with Crippen molar-refractivity contribution in [3.63, 3.8) is 0 Å². The molecule has 1 aliphatic rings. The lowest BCUT2D eigenvalue weighted by Crippen LogP contribution is -2.36. The zero-order chi connectivity index (χ0) is 35.8. The lowest BCUT2D eigenvalue weighted by molar-refractivity contribution is -0.668. The third kappa shape index (κ3) is 8.28. The maximum absolute atomic E-state index is 11.5. The van der Waals surface area contributed by atoms with Gasteiger partial charge in [0.15, 0.2) is 12.3 Å². The van der Waals surface area contributed by atoms with Gasteiger partial charge in [0.1, 0.15) is 4.70 Å². The number of anilines is 1. The largest absolute Gasteiger partial charge is 0.748 e. The molecule has 0 saturated carbocycles. The van der Waals surface area contributed by atoms with Crippen LogP contribution < -0.4 is 14.2 Å². The molecule has 0 aliphatic carbocycles. The van der Waals surface area contributed by atoms with Crippen molar-refractivity contribution in [3.8, 4) is 26.6 Å². The van der Waals surface area contributed by atoms with Gasteiger partial charge < -0.3 is 18.7 Å². The van der Waals surface area contributed by atoms with Gasteiger partial charge in [-0.2, -0.15) is 4.57 Å². The van der Waals surface area contributed by atoms with Crippen molar-refractivity contribution in [2.24, 2.45) is 0 Å². The number of fused-ring (bicyclic) bond motifs is 3. The van der Waals surface area contributed by atoms with Crippen molar-refractivity contribution >= 4 is 86.3 Å². The SMILES string of the molecule is CCC(/C=C1\Oc2ccc(-c3cc4ccccc4s3)cc2N1CCCS(=O)(=O)[O-])=C\c1sc2ccc(-c3cccs3)cc2[n+]1CCCS(=O)(=O)[O-]. The Kier molecular flexibility index (Phi) is 10.2. The molecule has 0 radical (unpaired) electrons. The molecule has 0 saturated heterocycles. The van der Waals surface area contributed by atoms with Gasteiger partial charge in [-0.1, -0.05) is 48.6 Å². The first-order chi connectivity index (χ1) is 24.4. The van der Waals surface area contributed by atoms with E-state index in [1.165, 1.54) is 4.70 Å². The van der Waals surface area contributed by atoms with Crippen molar-refractivity contribution < 1.29 is 35.2 Å². The average Bonchev–Trinajstić information content (AvgIpc) is 3.89. The topological polar surface area (TPSA) is 131 Å². The number of ether oxygens (including phenoxy) is 1. The lowest BCUT2D eigenvalue weighted by Gasteiger charge is -2.19. The van der Waals surface area contributed by atoms with Crippen LogP contribution >= 0.6 is 34.0 Å². The number of aryl methyl sites for hydroxylation is 1. The Hall–Kier alpha value is -3.89. The van der Waals surface area contributed by atoms with Crippen LogP contribution in [0.15, 0.2) is 102 Å². The number of allylic oxidation sites excluding steroid dienone is 2. The van der Waals surface area contributed by atoms with E-state index in [2.05, 4.69) is 47.0 Å². The third-order valence-corrected chi connectivity index (χ3v) is 13.3. The maximum atomic E-state index is 11.5. The molecule has 0 bridgehead atoms. The summed E-state index contributed by atoms with van der Waals surface area (Å²) in [4.78, 5) is 4.13. The second-order valence-corrected chi connectivity index (χ2v) is 18.3. The number of thiazole rings is 1. The highest BCUT2D eigenvalue weighted by Crippen LogP contribution is 2.44. The summed E-state index contributed by atoms with van der Waals surface area (Å²) >= 11 is 4.90. The molecule has 0 amide bonds. The number of hydrogen-bond acceptors (Lipinski definition) is 11.